The molecule has 92 valence electrons. The van der Waals surface area contributed by atoms with E-state index in [2.05, 4.69) is 17.3 Å². The molecule has 1 unspecified atom stereocenters. The number of morpholine rings is 1. The summed E-state index contributed by atoms with van der Waals surface area (Å²) in [6.45, 7) is 3.99. The van der Waals surface area contributed by atoms with Gasteiger partial charge in [-0.25, -0.2) is 4.79 Å². The van der Waals surface area contributed by atoms with E-state index in [4.69, 9.17) is 9.47 Å². The van der Waals surface area contributed by atoms with Crippen LogP contribution < -0.4 is 5.32 Å². The zero-order chi connectivity index (χ0) is 11.4. The molecule has 0 bridgehead atoms. The lowest BCUT2D eigenvalue weighted by Gasteiger charge is -2.30. The van der Waals surface area contributed by atoms with Gasteiger partial charge in [0.1, 0.15) is 6.10 Å². The number of piperidine rings is 1. The van der Waals surface area contributed by atoms with Crippen molar-refractivity contribution in [2.45, 2.75) is 25.0 Å². The Labute approximate surface area is 96.1 Å². The molecule has 0 spiro atoms. The Bertz CT molecular complexity index is 233. The number of hydrogen-bond donors (Lipinski definition) is 1. The van der Waals surface area contributed by atoms with Crippen molar-refractivity contribution < 1.29 is 14.3 Å². The number of esters is 1. The van der Waals surface area contributed by atoms with E-state index >= 15 is 0 Å². The van der Waals surface area contributed by atoms with Crippen LogP contribution in [0.15, 0.2) is 0 Å². The van der Waals surface area contributed by atoms with Gasteiger partial charge in [0.25, 0.3) is 0 Å². The quantitative estimate of drug-likeness (QED) is 0.653. The molecule has 5 heteroatoms. The first-order valence-electron chi connectivity index (χ1n) is 5.97. The zero-order valence-corrected chi connectivity index (χ0v) is 9.78. The topological polar surface area (TPSA) is 50.8 Å². The molecule has 16 heavy (non-hydrogen) atoms. The van der Waals surface area contributed by atoms with Gasteiger partial charge < -0.3 is 19.7 Å². The highest BCUT2D eigenvalue weighted by atomic mass is 16.6. The van der Waals surface area contributed by atoms with Crippen molar-refractivity contribution >= 4 is 5.97 Å². The molecule has 0 radical (unpaired) electrons. The van der Waals surface area contributed by atoms with Gasteiger partial charge in [-0.1, -0.05) is 0 Å². The van der Waals surface area contributed by atoms with Crippen LogP contribution in [0.1, 0.15) is 12.8 Å². The van der Waals surface area contributed by atoms with Gasteiger partial charge in [0.2, 0.25) is 0 Å². The lowest BCUT2D eigenvalue weighted by atomic mass is 10.1. The number of carbonyl (C=O) groups is 1. The summed E-state index contributed by atoms with van der Waals surface area (Å²) in [4.78, 5) is 14.0. The lowest BCUT2D eigenvalue weighted by molar-refractivity contribution is -0.166. The molecule has 2 aliphatic heterocycles. The lowest BCUT2D eigenvalue weighted by Crippen LogP contribution is -2.45. The summed E-state index contributed by atoms with van der Waals surface area (Å²) >= 11 is 0. The minimum Gasteiger partial charge on any atom is -0.460 e. The SMILES string of the molecule is CN1CCC(OC(=O)C2CNCCO2)CC1. The summed E-state index contributed by atoms with van der Waals surface area (Å²) in [7, 11) is 2.09. The first kappa shape index (κ1) is 11.8. The van der Waals surface area contributed by atoms with Crippen molar-refractivity contribution in [3.8, 4) is 0 Å². The van der Waals surface area contributed by atoms with E-state index in [1.165, 1.54) is 0 Å². The fraction of sp³-hybridized carbons (Fsp3) is 0.909. The summed E-state index contributed by atoms with van der Waals surface area (Å²) in [6.07, 6.45) is 1.53. The Morgan fingerprint density at radius 3 is 2.81 bits per heavy atom. The van der Waals surface area contributed by atoms with Gasteiger partial charge in [-0.15, -0.1) is 0 Å². The van der Waals surface area contributed by atoms with Crippen LogP contribution >= 0.6 is 0 Å². The van der Waals surface area contributed by atoms with Crippen LogP contribution in [0.5, 0.6) is 0 Å². The normalized spacial score (nSPS) is 28.9. The van der Waals surface area contributed by atoms with Crippen LogP contribution in [0.2, 0.25) is 0 Å². The standard InChI is InChI=1S/C11H20N2O3/c1-13-5-2-9(3-6-13)16-11(14)10-8-12-4-7-15-10/h9-10,12H,2-8H2,1H3. The molecule has 2 rings (SSSR count). The first-order valence-corrected chi connectivity index (χ1v) is 5.97. The molecule has 0 aromatic rings. The fourth-order valence-electron chi connectivity index (χ4n) is 2.06. The minimum absolute atomic E-state index is 0.0780. The zero-order valence-electron chi connectivity index (χ0n) is 9.78. The van der Waals surface area contributed by atoms with E-state index in [0.717, 1.165) is 32.5 Å². The third kappa shape index (κ3) is 3.17. The van der Waals surface area contributed by atoms with Crippen molar-refractivity contribution in [1.29, 1.82) is 0 Å². The molecule has 0 saturated carbocycles. The summed E-state index contributed by atoms with van der Waals surface area (Å²) in [5.74, 6) is -0.207. The van der Waals surface area contributed by atoms with Crippen LogP contribution in [-0.4, -0.2) is 62.9 Å². The molecule has 2 saturated heterocycles. The van der Waals surface area contributed by atoms with Crippen molar-refractivity contribution in [3.63, 3.8) is 0 Å². The highest BCUT2D eigenvalue weighted by molar-refractivity contribution is 5.75. The second-order valence-electron chi connectivity index (χ2n) is 4.50. The maximum absolute atomic E-state index is 11.7. The monoisotopic (exact) mass is 228 g/mol. The number of nitrogens with zero attached hydrogens (tertiary/aromatic N) is 1. The van der Waals surface area contributed by atoms with E-state index in [9.17, 15) is 4.79 Å². The smallest absolute Gasteiger partial charge is 0.336 e. The van der Waals surface area contributed by atoms with Gasteiger partial charge in [-0.3, -0.25) is 0 Å². The molecule has 5 nitrogen and oxygen atoms in total. The van der Waals surface area contributed by atoms with E-state index < -0.39 is 6.10 Å². The summed E-state index contributed by atoms with van der Waals surface area (Å²) in [5.41, 5.74) is 0. The average Bonchev–Trinajstić information content (AvgIpc) is 2.33. The minimum atomic E-state index is -0.409. The van der Waals surface area contributed by atoms with E-state index in [0.29, 0.717) is 13.2 Å². The Morgan fingerprint density at radius 2 is 2.19 bits per heavy atom. The maximum atomic E-state index is 11.7. The summed E-state index contributed by atoms with van der Waals surface area (Å²) in [5, 5.41) is 3.13. The Morgan fingerprint density at radius 1 is 1.44 bits per heavy atom. The molecular weight excluding hydrogens is 208 g/mol. The van der Waals surface area contributed by atoms with Crippen LogP contribution in [0, 0.1) is 0 Å². The molecule has 2 aliphatic rings. The highest BCUT2D eigenvalue weighted by Gasteiger charge is 2.27. The molecule has 0 aromatic heterocycles. The van der Waals surface area contributed by atoms with Crippen molar-refractivity contribution in [2.24, 2.45) is 0 Å². The first-order chi connectivity index (χ1) is 7.75. The van der Waals surface area contributed by atoms with Gasteiger partial charge in [0, 0.05) is 26.2 Å². The van der Waals surface area contributed by atoms with Gasteiger partial charge in [0.15, 0.2) is 6.10 Å². The van der Waals surface area contributed by atoms with Crippen molar-refractivity contribution in [3.05, 3.63) is 0 Å². The van der Waals surface area contributed by atoms with Crippen molar-refractivity contribution in [1.82, 2.24) is 10.2 Å². The number of rotatable bonds is 2. The maximum Gasteiger partial charge on any atom is 0.336 e. The van der Waals surface area contributed by atoms with E-state index in [1.54, 1.807) is 0 Å². The third-order valence-corrected chi connectivity index (χ3v) is 3.14. The van der Waals surface area contributed by atoms with Crippen LogP contribution in [0.3, 0.4) is 0 Å². The molecule has 1 N–H and O–H groups in total. The summed E-state index contributed by atoms with van der Waals surface area (Å²) in [6, 6.07) is 0. The number of nitrogens with one attached hydrogen (secondary N) is 1. The predicted molar refractivity (Wildman–Crippen MR) is 59.2 cm³/mol. The van der Waals surface area contributed by atoms with Gasteiger partial charge in [-0.05, 0) is 19.9 Å². The Hall–Kier alpha value is -0.650. The van der Waals surface area contributed by atoms with Crippen molar-refractivity contribution in [2.75, 3.05) is 39.8 Å². The molecule has 0 aromatic carbocycles. The molecule has 1 atom stereocenters. The molecule has 0 amide bonds. The Balaban J connectivity index is 1.73. The highest BCUT2D eigenvalue weighted by Crippen LogP contribution is 2.13. The second kappa shape index (κ2) is 5.61. The van der Waals surface area contributed by atoms with Gasteiger partial charge in [-0.2, -0.15) is 0 Å². The van der Waals surface area contributed by atoms with Crippen LogP contribution in [-0.2, 0) is 14.3 Å². The fourth-order valence-corrected chi connectivity index (χ4v) is 2.06. The second-order valence-corrected chi connectivity index (χ2v) is 4.50. The van der Waals surface area contributed by atoms with E-state index in [1.807, 2.05) is 0 Å². The Kier molecular flexibility index (Phi) is 4.15. The predicted octanol–water partition coefficient (Wildman–Crippen LogP) is -0.388. The molecule has 2 heterocycles. The average molecular weight is 228 g/mol. The number of carbonyl (C=O) groups excluding carboxylic acids is 1. The van der Waals surface area contributed by atoms with Crippen LogP contribution in [0.25, 0.3) is 0 Å². The van der Waals surface area contributed by atoms with Crippen LogP contribution in [0.4, 0.5) is 0 Å². The third-order valence-electron chi connectivity index (χ3n) is 3.14. The largest absolute Gasteiger partial charge is 0.460 e. The van der Waals surface area contributed by atoms with E-state index in [-0.39, 0.29) is 12.1 Å². The molecule has 2 fully saturated rings. The number of likely N-dealkylation sites (tertiary alicyclic amines) is 1. The van der Waals surface area contributed by atoms with Gasteiger partial charge in [0.05, 0.1) is 6.61 Å². The van der Waals surface area contributed by atoms with Gasteiger partial charge >= 0.3 is 5.97 Å². The number of hydrogen-bond acceptors (Lipinski definition) is 5. The number of ether oxygens (including phenoxy) is 2. The molecule has 0 aliphatic carbocycles. The summed E-state index contributed by atoms with van der Waals surface area (Å²) < 4.78 is 10.8. The molecular formula is C11H20N2O3.